The first-order valence-electron chi connectivity index (χ1n) is 8.33. The van der Waals surface area contributed by atoms with E-state index in [-0.39, 0.29) is 0 Å². The Labute approximate surface area is 146 Å². The molecule has 0 amide bonds. The van der Waals surface area contributed by atoms with Crippen LogP contribution in [0.25, 0.3) is 10.4 Å². The Kier molecular flexibility index (Phi) is 13.6. The smallest absolute Gasteiger partial charge is 0.0964 e. The van der Waals surface area contributed by atoms with Crippen LogP contribution in [-0.2, 0) is 11.3 Å². The van der Waals surface area contributed by atoms with Crippen molar-refractivity contribution in [2.45, 2.75) is 54.0 Å². The van der Waals surface area contributed by atoms with Crippen molar-refractivity contribution in [1.29, 1.82) is 0 Å². The molecule has 4 heteroatoms. The van der Waals surface area contributed by atoms with Gasteiger partial charge in [0.15, 0.2) is 0 Å². The van der Waals surface area contributed by atoms with Gasteiger partial charge >= 0.3 is 0 Å². The Hall–Kier alpha value is -1.23. The molecular weight excluding hydrogens is 304 g/mol. The molecular formula is C19H32N2OS. The van der Waals surface area contributed by atoms with Gasteiger partial charge in [-0.05, 0) is 18.1 Å². The topological polar surface area (TPSA) is 34.1 Å². The Balaban J connectivity index is 0.000000704. The van der Waals surface area contributed by atoms with Crippen LogP contribution in [0.2, 0.25) is 0 Å². The SMILES string of the molecule is CCC.CCC.COCNCc1ccc(-c2scnc2C)cc1. The minimum Gasteiger partial charge on any atom is -0.370 e. The van der Waals surface area contributed by atoms with E-state index in [2.05, 4.69) is 62.3 Å². The average molecular weight is 337 g/mol. The minimum atomic E-state index is 0.579. The van der Waals surface area contributed by atoms with Crippen molar-refractivity contribution in [1.82, 2.24) is 10.3 Å². The lowest BCUT2D eigenvalue weighted by Gasteiger charge is -2.05. The number of methoxy groups -OCH3 is 1. The fourth-order valence-corrected chi connectivity index (χ4v) is 2.46. The predicted octanol–water partition coefficient (Wildman–Crippen LogP) is 5.64. The van der Waals surface area contributed by atoms with Crippen LogP contribution >= 0.6 is 11.3 Å². The molecule has 0 aliphatic rings. The van der Waals surface area contributed by atoms with Crippen LogP contribution in [0.4, 0.5) is 0 Å². The fraction of sp³-hybridized carbons (Fsp3) is 0.526. The first-order valence-corrected chi connectivity index (χ1v) is 9.21. The second-order valence-electron chi connectivity index (χ2n) is 5.24. The lowest BCUT2D eigenvalue weighted by Crippen LogP contribution is -2.15. The van der Waals surface area contributed by atoms with Crippen molar-refractivity contribution < 1.29 is 4.74 Å². The third kappa shape index (κ3) is 9.49. The van der Waals surface area contributed by atoms with Crippen LogP contribution in [0, 0.1) is 6.92 Å². The summed E-state index contributed by atoms with van der Waals surface area (Å²) in [6, 6.07) is 8.56. The van der Waals surface area contributed by atoms with E-state index in [1.807, 2.05) is 12.4 Å². The van der Waals surface area contributed by atoms with Crippen LogP contribution in [0.5, 0.6) is 0 Å². The molecule has 1 aromatic heterocycles. The number of rotatable bonds is 5. The van der Waals surface area contributed by atoms with Crippen LogP contribution in [-0.4, -0.2) is 18.8 Å². The average Bonchev–Trinajstić information content (AvgIpc) is 2.96. The van der Waals surface area contributed by atoms with Gasteiger partial charge in [0.2, 0.25) is 0 Å². The number of aromatic nitrogens is 1. The maximum Gasteiger partial charge on any atom is 0.0964 e. The molecule has 0 bridgehead atoms. The fourth-order valence-electron chi connectivity index (χ4n) is 1.65. The summed E-state index contributed by atoms with van der Waals surface area (Å²) in [6.07, 6.45) is 2.50. The van der Waals surface area contributed by atoms with E-state index in [0.29, 0.717) is 6.73 Å². The highest BCUT2D eigenvalue weighted by atomic mass is 32.1. The van der Waals surface area contributed by atoms with E-state index in [1.54, 1.807) is 18.4 Å². The molecule has 3 nitrogen and oxygen atoms in total. The van der Waals surface area contributed by atoms with E-state index in [9.17, 15) is 0 Å². The summed E-state index contributed by atoms with van der Waals surface area (Å²) in [6.45, 7) is 11.9. The van der Waals surface area contributed by atoms with Gasteiger partial charge in [0.25, 0.3) is 0 Å². The highest BCUT2D eigenvalue weighted by Crippen LogP contribution is 2.27. The normalized spacial score (nSPS) is 9.48. The Bertz CT molecular complexity index is 492. The zero-order chi connectivity index (χ0) is 17.5. The number of nitrogens with zero attached hydrogens (tertiary/aromatic N) is 1. The molecule has 0 aliphatic heterocycles. The van der Waals surface area contributed by atoms with Crippen LogP contribution in [0.3, 0.4) is 0 Å². The van der Waals surface area contributed by atoms with Crippen molar-refractivity contribution in [3.63, 3.8) is 0 Å². The Morgan fingerprint density at radius 3 is 2.04 bits per heavy atom. The maximum atomic E-state index is 4.94. The molecule has 1 heterocycles. The van der Waals surface area contributed by atoms with Crippen molar-refractivity contribution in [3.8, 4) is 10.4 Å². The van der Waals surface area contributed by atoms with E-state index in [1.165, 1.54) is 28.8 Å². The monoisotopic (exact) mass is 336 g/mol. The first kappa shape index (κ1) is 21.8. The van der Waals surface area contributed by atoms with E-state index in [0.717, 1.165) is 12.2 Å². The van der Waals surface area contributed by atoms with Gasteiger partial charge in [-0.2, -0.15) is 0 Å². The second kappa shape index (κ2) is 14.4. The number of thiazole rings is 1. The zero-order valence-electron chi connectivity index (χ0n) is 15.5. The van der Waals surface area contributed by atoms with Crippen LogP contribution in [0.15, 0.2) is 29.8 Å². The van der Waals surface area contributed by atoms with Gasteiger partial charge in [0.05, 0.1) is 22.8 Å². The highest BCUT2D eigenvalue weighted by molar-refractivity contribution is 7.13. The molecule has 130 valence electrons. The van der Waals surface area contributed by atoms with E-state index in [4.69, 9.17) is 4.74 Å². The summed E-state index contributed by atoms with van der Waals surface area (Å²) in [7, 11) is 1.68. The minimum absolute atomic E-state index is 0.579. The Morgan fingerprint density at radius 2 is 1.61 bits per heavy atom. The summed E-state index contributed by atoms with van der Waals surface area (Å²) in [5.41, 5.74) is 5.48. The summed E-state index contributed by atoms with van der Waals surface area (Å²) < 4.78 is 4.94. The summed E-state index contributed by atoms with van der Waals surface area (Å²) in [5.74, 6) is 0. The molecule has 0 radical (unpaired) electrons. The molecule has 0 spiro atoms. The third-order valence-corrected chi connectivity index (χ3v) is 3.51. The molecule has 0 aliphatic carbocycles. The van der Waals surface area contributed by atoms with Gasteiger partial charge in [0.1, 0.15) is 0 Å². The molecule has 1 N–H and O–H groups in total. The highest BCUT2D eigenvalue weighted by Gasteiger charge is 2.04. The van der Waals surface area contributed by atoms with Crippen molar-refractivity contribution in [2.75, 3.05) is 13.8 Å². The number of hydrogen-bond donors (Lipinski definition) is 1. The molecule has 2 aromatic rings. The molecule has 1 aromatic carbocycles. The summed E-state index contributed by atoms with van der Waals surface area (Å²) >= 11 is 1.68. The standard InChI is InChI=1S/C13H16N2OS.2C3H8/c1-10-13(17-9-15-10)12-5-3-11(4-6-12)7-14-8-16-2;2*1-3-2/h3-6,9,14H,7-8H2,1-2H3;2*3H2,1-2H3. The molecule has 2 rings (SSSR count). The number of benzene rings is 1. The number of ether oxygens (including phenoxy) is 1. The summed E-state index contributed by atoms with van der Waals surface area (Å²) in [5, 5.41) is 3.18. The molecule has 23 heavy (non-hydrogen) atoms. The van der Waals surface area contributed by atoms with Gasteiger partial charge in [-0.25, -0.2) is 4.98 Å². The number of hydrogen-bond acceptors (Lipinski definition) is 4. The lowest BCUT2D eigenvalue weighted by atomic mass is 10.1. The lowest BCUT2D eigenvalue weighted by molar-refractivity contribution is 0.174. The first-order chi connectivity index (χ1) is 11.1. The molecule has 0 fully saturated rings. The molecule has 0 saturated carbocycles. The van der Waals surface area contributed by atoms with Gasteiger partial charge < -0.3 is 4.74 Å². The van der Waals surface area contributed by atoms with E-state index >= 15 is 0 Å². The van der Waals surface area contributed by atoms with Crippen LogP contribution < -0.4 is 5.32 Å². The van der Waals surface area contributed by atoms with E-state index < -0.39 is 0 Å². The molecule has 0 unspecified atom stereocenters. The van der Waals surface area contributed by atoms with Crippen molar-refractivity contribution in [3.05, 3.63) is 41.0 Å². The molecule has 0 saturated heterocycles. The van der Waals surface area contributed by atoms with Gasteiger partial charge in [0, 0.05) is 13.7 Å². The molecule has 0 atom stereocenters. The van der Waals surface area contributed by atoms with Gasteiger partial charge in [-0.15, -0.1) is 11.3 Å². The van der Waals surface area contributed by atoms with Crippen molar-refractivity contribution >= 4 is 11.3 Å². The van der Waals surface area contributed by atoms with Gasteiger partial charge in [-0.3, -0.25) is 5.32 Å². The quantitative estimate of drug-likeness (QED) is 0.566. The van der Waals surface area contributed by atoms with Crippen molar-refractivity contribution in [2.24, 2.45) is 0 Å². The zero-order valence-corrected chi connectivity index (χ0v) is 16.3. The third-order valence-electron chi connectivity index (χ3n) is 2.54. The largest absolute Gasteiger partial charge is 0.370 e. The van der Waals surface area contributed by atoms with Crippen LogP contribution in [0.1, 0.15) is 51.8 Å². The number of aryl methyl sites for hydroxylation is 1. The maximum absolute atomic E-state index is 4.94. The predicted molar refractivity (Wildman–Crippen MR) is 103 cm³/mol. The Morgan fingerprint density at radius 1 is 1.04 bits per heavy atom. The second-order valence-corrected chi connectivity index (χ2v) is 6.09. The number of nitrogens with one attached hydrogen (secondary N) is 1. The summed E-state index contributed by atoms with van der Waals surface area (Å²) in [4.78, 5) is 5.52. The van der Waals surface area contributed by atoms with Gasteiger partial charge in [-0.1, -0.05) is 64.8 Å².